The first-order chi connectivity index (χ1) is 10.1. The lowest BCUT2D eigenvalue weighted by Crippen LogP contribution is -2.19. The summed E-state index contributed by atoms with van der Waals surface area (Å²) in [6.07, 6.45) is 6.48. The quantitative estimate of drug-likeness (QED) is 0.328. The Balaban J connectivity index is 1.99. The smallest absolute Gasteiger partial charge is 0.224 e. The van der Waals surface area contributed by atoms with E-state index in [1.54, 1.807) is 18.2 Å². The molecule has 6 heteroatoms. The summed E-state index contributed by atoms with van der Waals surface area (Å²) < 4.78 is 0.799. The SMILES string of the molecule is N/C(=N/O)c1cc(Br)ccc1NC(=O)CCC1CCCC1. The van der Waals surface area contributed by atoms with E-state index in [9.17, 15) is 4.79 Å². The van der Waals surface area contributed by atoms with Crippen molar-refractivity contribution < 1.29 is 10.0 Å². The van der Waals surface area contributed by atoms with Gasteiger partial charge in [-0.15, -0.1) is 0 Å². The highest BCUT2D eigenvalue weighted by molar-refractivity contribution is 9.10. The van der Waals surface area contributed by atoms with E-state index in [0.717, 1.165) is 10.9 Å². The molecule has 0 spiro atoms. The number of nitrogens with zero attached hydrogens (tertiary/aromatic N) is 1. The second-order valence-electron chi connectivity index (χ2n) is 5.41. The number of nitrogens with one attached hydrogen (secondary N) is 1. The average molecular weight is 354 g/mol. The molecule has 5 nitrogen and oxygen atoms in total. The largest absolute Gasteiger partial charge is 0.409 e. The summed E-state index contributed by atoms with van der Waals surface area (Å²) in [5.41, 5.74) is 6.70. The third-order valence-electron chi connectivity index (χ3n) is 3.89. The fourth-order valence-corrected chi connectivity index (χ4v) is 3.10. The van der Waals surface area contributed by atoms with Gasteiger partial charge < -0.3 is 16.3 Å². The molecule has 1 saturated carbocycles. The van der Waals surface area contributed by atoms with Crippen LogP contribution >= 0.6 is 15.9 Å². The van der Waals surface area contributed by atoms with Gasteiger partial charge in [-0.2, -0.15) is 0 Å². The number of carbonyl (C=O) groups is 1. The highest BCUT2D eigenvalue weighted by atomic mass is 79.9. The third kappa shape index (κ3) is 4.46. The molecule has 0 radical (unpaired) electrons. The number of oxime groups is 1. The van der Waals surface area contributed by atoms with Crippen LogP contribution < -0.4 is 11.1 Å². The normalized spacial score (nSPS) is 16.1. The number of nitrogens with two attached hydrogens (primary N) is 1. The summed E-state index contributed by atoms with van der Waals surface area (Å²) in [6.45, 7) is 0. The Kier molecular flexibility index (Phi) is 5.61. The van der Waals surface area contributed by atoms with Gasteiger partial charge in [-0.25, -0.2) is 0 Å². The van der Waals surface area contributed by atoms with Crippen LogP contribution in [0.15, 0.2) is 27.8 Å². The molecule has 0 aliphatic heterocycles. The first-order valence-electron chi connectivity index (χ1n) is 7.17. The van der Waals surface area contributed by atoms with Gasteiger partial charge in [0.2, 0.25) is 5.91 Å². The molecule has 0 saturated heterocycles. The fraction of sp³-hybridized carbons (Fsp3) is 0.467. The maximum Gasteiger partial charge on any atom is 0.224 e. The molecule has 1 amide bonds. The Morgan fingerprint density at radius 2 is 2.14 bits per heavy atom. The Morgan fingerprint density at radius 3 is 2.81 bits per heavy atom. The molecule has 1 fully saturated rings. The summed E-state index contributed by atoms with van der Waals surface area (Å²) >= 11 is 3.33. The first kappa shape index (κ1) is 15.8. The van der Waals surface area contributed by atoms with Gasteiger partial charge in [0.15, 0.2) is 5.84 Å². The number of rotatable bonds is 5. The molecular formula is C15H20BrN3O2. The zero-order valence-corrected chi connectivity index (χ0v) is 13.4. The molecule has 4 N–H and O–H groups in total. The second kappa shape index (κ2) is 7.45. The number of amidine groups is 1. The number of amides is 1. The molecule has 0 heterocycles. The van der Waals surface area contributed by atoms with E-state index in [-0.39, 0.29) is 11.7 Å². The molecule has 0 atom stereocenters. The van der Waals surface area contributed by atoms with E-state index >= 15 is 0 Å². The lowest BCUT2D eigenvalue weighted by Gasteiger charge is -2.12. The minimum Gasteiger partial charge on any atom is -0.409 e. The summed E-state index contributed by atoms with van der Waals surface area (Å²) in [5, 5.41) is 14.7. The first-order valence-corrected chi connectivity index (χ1v) is 7.96. The number of anilines is 1. The van der Waals surface area contributed by atoms with Crippen molar-refractivity contribution in [3.63, 3.8) is 0 Å². The van der Waals surface area contributed by atoms with Crippen LogP contribution in [0.2, 0.25) is 0 Å². The van der Waals surface area contributed by atoms with E-state index in [2.05, 4.69) is 26.4 Å². The Labute approximate surface area is 132 Å². The van der Waals surface area contributed by atoms with Crippen molar-refractivity contribution in [1.29, 1.82) is 0 Å². The molecular weight excluding hydrogens is 334 g/mol. The molecule has 0 unspecified atom stereocenters. The molecule has 0 bridgehead atoms. The Morgan fingerprint density at radius 1 is 1.43 bits per heavy atom. The van der Waals surface area contributed by atoms with Crippen LogP contribution in [0, 0.1) is 5.92 Å². The molecule has 114 valence electrons. The lowest BCUT2D eigenvalue weighted by molar-refractivity contribution is -0.116. The summed E-state index contributed by atoms with van der Waals surface area (Å²) in [4.78, 5) is 12.1. The topological polar surface area (TPSA) is 87.7 Å². The van der Waals surface area contributed by atoms with Gasteiger partial charge in [-0.05, 0) is 30.5 Å². The number of halogens is 1. The Hall–Kier alpha value is -1.56. The van der Waals surface area contributed by atoms with Crippen LogP contribution in [0.1, 0.15) is 44.1 Å². The van der Waals surface area contributed by atoms with Gasteiger partial charge in [0.1, 0.15) is 0 Å². The van der Waals surface area contributed by atoms with Crippen molar-refractivity contribution in [2.75, 3.05) is 5.32 Å². The zero-order valence-electron chi connectivity index (χ0n) is 11.8. The minimum atomic E-state index is -0.0313. The van der Waals surface area contributed by atoms with Gasteiger partial charge >= 0.3 is 0 Å². The molecule has 1 aliphatic carbocycles. The van der Waals surface area contributed by atoms with E-state index in [0.29, 0.717) is 23.6 Å². The van der Waals surface area contributed by atoms with Crippen LogP contribution in [-0.2, 0) is 4.79 Å². The van der Waals surface area contributed by atoms with Gasteiger partial charge in [-0.1, -0.05) is 46.8 Å². The third-order valence-corrected chi connectivity index (χ3v) is 4.39. The maximum absolute atomic E-state index is 12.1. The van der Waals surface area contributed by atoms with Gasteiger partial charge in [0.25, 0.3) is 0 Å². The Bertz CT molecular complexity index is 540. The molecule has 0 aromatic heterocycles. The lowest BCUT2D eigenvalue weighted by atomic mass is 10.0. The molecule has 1 aromatic carbocycles. The highest BCUT2D eigenvalue weighted by Crippen LogP contribution is 2.29. The fourth-order valence-electron chi connectivity index (χ4n) is 2.74. The summed E-state index contributed by atoms with van der Waals surface area (Å²) in [7, 11) is 0. The number of hydrogen-bond acceptors (Lipinski definition) is 3. The van der Waals surface area contributed by atoms with Crippen LogP contribution in [0.25, 0.3) is 0 Å². The number of carbonyl (C=O) groups excluding carboxylic acids is 1. The van der Waals surface area contributed by atoms with Crippen LogP contribution in [0.4, 0.5) is 5.69 Å². The van der Waals surface area contributed by atoms with Gasteiger partial charge in [0.05, 0.1) is 5.69 Å². The molecule has 21 heavy (non-hydrogen) atoms. The van der Waals surface area contributed by atoms with Crippen molar-refractivity contribution in [1.82, 2.24) is 0 Å². The average Bonchev–Trinajstić information content (AvgIpc) is 2.99. The van der Waals surface area contributed by atoms with Crippen LogP contribution in [-0.4, -0.2) is 17.0 Å². The van der Waals surface area contributed by atoms with E-state index in [1.165, 1.54) is 25.7 Å². The number of hydrogen-bond donors (Lipinski definition) is 3. The van der Waals surface area contributed by atoms with Gasteiger partial charge in [0, 0.05) is 16.5 Å². The summed E-state index contributed by atoms with van der Waals surface area (Å²) in [6, 6.07) is 5.26. The predicted molar refractivity (Wildman–Crippen MR) is 86.5 cm³/mol. The van der Waals surface area contributed by atoms with E-state index in [1.807, 2.05) is 0 Å². The van der Waals surface area contributed by atoms with E-state index < -0.39 is 0 Å². The number of benzene rings is 1. The monoisotopic (exact) mass is 353 g/mol. The maximum atomic E-state index is 12.1. The molecule has 1 aliphatic rings. The van der Waals surface area contributed by atoms with Crippen molar-refractivity contribution in [3.05, 3.63) is 28.2 Å². The van der Waals surface area contributed by atoms with Crippen LogP contribution in [0.3, 0.4) is 0 Å². The zero-order chi connectivity index (χ0) is 15.2. The standard InChI is InChI=1S/C15H20BrN3O2/c16-11-6-7-13(12(9-11)15(17)19-21)18-14(20)8-5-10-3-1-2-4-10/h6-7,9-10,21H,1-5,8H2,(H2,17,19)(H,18,20). The molecule has 1 aromatic rings. The minimum absolute atomic E-state index is 0.0256. The van der Waals surface area contributed by atoms with Crippen LogP contribution in [0.5, 0.6) is 0 Å². The predicted octanol–water partition coefficient (Wildman–Crippen LogP) is 3.45. The van der Waals surface area contributed by atoms with Crippen molar-refractivity contribution in [3.8, 4) is 0 Å². The van der Waals surface area contributed by atoms with Crippen molar-refractivity contribution in [2.24, 2.45) is 16.8 Å². The van der Waals surface area contributed by atoms with Crippen molar-refractivity contribution >= 4 is 33.4 Å². The van der Waals surface area contributed by atoms with E-state index in [4.69, 9.17) is 10.9 Å². The van der Waals surface area contributed by atoms with Crippen molar-refractivity contribution in [2.45, 2.75) is 38.5 Å². The van der Waals surface area contributed by atoms with Gasteiger partial charge in [-0.3, -0.25) is 4.79 Å². The summed E-state index contributed by atoms with van der Waals surface area (Å²) in [5.74, 6) is 0.628. The molecule has 2 rings (SSSR count). The second-order valence-corrected chi connectivity index (χ2v) is 6.33. The highest BCUT2D eigenvalue weighted by Gasteiger charge is 2.17.